The predicted octanol–water partition coefficient (Wildman–Crippen LogP) is 4.76. The van der Waals surface area contributed by atoms with Gasteiger partial charge in [0.1, 0.15) is 11.4 Å². The Morgan fingerprint density at radius 1 is 1.00 bits per heavy atom. The Labute approximate surface area is 200 Å². The van der Waals surface area contributed by atoms with Crippen LogP contribution in [0.3, 0.4) is 0 Å². The molecular formula is C26H23N3O4S. The van der Waals surface area contributed by atoms with Crippen LogP contribution < -0.4 is 10.9 Å². The van der Waals surface area contributed by atoms with Crippen LogP contribution in [0.1, 0.15) is 22.2 Å². The van der Waals surface area contributed by atoms with E-state index in [0.29, 0.717) is 16.3 Å². The van der Waals surface area contributed by atoms with Crippen LogP contribution in [0.15, 0.2) is 77.6 Å². The molecule has 4 aromatic rings. The predicted molar refractivity (Wildman–Crippen MR) is 133 cm³/mol. The van der Waals surface area contributed by atoms with Crippen molar-refractivity contribution in [3.05, 3.63) is 93.6 Å². The number of esters is 1. The zero-order valence-electron chi connectivity index (χ0n) is 18.8. The Bertz CT molecular complexity index is 1380. The number of anilines is 1. The molecule has 0 radical (unpaired) electrons. The van der Waals surface area contributed by atoms with Gasteiger partial charge in [-0.1, -0.05) is 60.2 Å². The topological polar surface area (TPSA) is 90.3 Å². The first-order chi connectivity index (χ1) is 16.4. The summed E-state index contributed by atoms with van der Waals surface area (Å²) in [6, 6.07) is 22.0. The van der Waals surface area contributed by atoms with Crippen molar-refractivity contribution < 1.29 is 14.3 Å². The van der Waals surface area contributed by atoms with Gasteiger partial charge in [0.05, 0.1) is 18.0 Å². The summed E-state index contributed by atoms with van der Waals surface area (Å²) in [5, 5.41) is 7.08. The molecule has 0 atom stereocenters. The normalized spacial score (nSPS) is 10.6. The van der Waals surface area contributed by atoms with Crippen molar-refractivity contribution in [3.63, 3.8) is 0 Å². The van der Waals surface area contributed by atoms with Gasteiger partial charge in [-0.05, 0) is 31.5 Å². The monoisotopic (exact) mass is 473 g/mol. The average Bonchev–Trinajstić information content (AvgIpc) is 3.25. The van der Waals surface area contributed by atoms with Crippen molar-refractivity contribution >= 4 is 28.9 Å². The minimum absolute atomic E-state index is 0.218. The minimum Gasteiger partial charge on any atom is -0.462 e. The van der Waals surface area contributed by atoms with Crippen LogP contribution >= 0.6 is 11.3 Å². The first-order valence-electron chi connectivity index (χ1n) is 10.8. The Morgan fingerprint density at radius 3 is 2.44 bits per heavy atom. The largest absolute Gasteiger partial charge is 0.462 e. The number of carbonyl (C=O) groups excluding carboxylic acids is 2. The van der Waals surface area contributed by atoms with Crippen molar-refractivity contribution in [3.8, 4) is 21.7 Å². The fourth-order valence-electron chi connectivity index (χ4n) is 3.34. The van der Waals surface area contributed by atoms with E-state index in [9.17, 15) is 14.4 Å². The van der Waals surface area contributed by atoms with E-state index in [1.54, 1.807) is 19.1 Å². The number of thiophene rings is 1. The number of nitrogens with one attached hydrogen (secondary N) is 1. The lowest BCUT2D eigenvalue weighted by Gasteiger charge is -2.09. The maximum absolute atomic E-state index is 12.8. The van der Waals surface area contributed by atoms with Crippen molar-refractivity contribution in [1.82, 2.24) is 9.78 Å². The van der Waals surface area contributed by atoms with Gasteiger partial charge in [0.2, 0.25) is 5.91 Å². The molecule has 2 aromatic carbocycles. The molecule has 0 unspecified atom stereocenters. The van der Waals surface area contributed by atoms with E-state index in [4.69, 9.17) is 4.74 Å². The van der Waals surface area contributed by atoms with E-state index >= 15 is 0 Å². The summed E-state index contributed by atoms with van der Waals surface area (Å²) in [6.45, 7) is 3.65. The van der Waals surface area contributed by atoms with Crippen molar-refractivity contribution in [2.45, 2.75) is 20.4 Å². The van der Waals surface area contributed by atoms with E-state index < -0.39 is 17.4 Å². The molecule has 1 amide bonds. The number of hydrogen-bond donors (Lipinski definition) is 1. The number of ether oxygens (including phenoxy) is 1. The fraction of sp³-hybridized carbons (Fsp3) is 0.154. The second-order valence-electron chi connectivity index (χ2n) is 7.57. The highest BCUT2D eigenvalue weighted by molar-refractivity contribution is 7.18. The molecule has 0 saturated carbocycles. The number of aryl methyl sites for hydroxylation is 1. The van der Waals surface area contributed by atoms with Crippen LogP contribution in [0.5, 0.6) is 0 Å². The maximum Gasteiger partial charge on any atom is 0.350 e. The molecule has 0 aliphatic rings. The summed E-state index contributed by atoms with van der Waals surface area (Å²) in [5.74, 6) is -0.985. The van der Waals surface area contributed by atoms with Crippen LogP contribution in [0, 0.1) is 6.92 Å². The molecule has 172 valence electrons. The smallest absolute Gasteiger partial charge is 0.350 e. The number of aromatic nitrogens is 2. The minimum atomic E-state index is -0.512. The summed E-state index contributed by atoms with van der Waals surface area (Å²) < 4.78 is 6.28. The highest BCUT2D eigenvalue weighted by Crippen LogP contribution is 2.35. The Hall–Kier alpha value is -4.04. The zero-order valence-corrected chi connectivity index (χ0v) is 19.6. The molecule has 34 heavy (non-hydrogen) atoms. The van der Waals surface area contributed by atoms with Gasteiger partial charge in [0.25, 0.3) is 5.56 Å². The van der Waals surface area contributed by atoms with E-state index in [-0.39, 0.29) is 13.2 Å². The quantitative estimate of drug-likeness (QED) is 0.391. The summed E-state index contributed by atoms with van der Waals surface area (Å²) in [4.78, 5) is 38.8. The second kappa shape index (κ2) is 10.3. The number of benzene rings is 2. The summed E-state index contributed by atoms with van der Waals surface area (Å²) >= 11 is 1.24. The van der Waals surface area contributed by atoms with Crippen molar-refractivity contribution in [2.75, 3.05) is 11.9 Å². The molecule has 0 aliphatic carbocycles. The van der Waals surface area contributed by atoms with Gasteiger partial charge in [-0.25, -0.2) is 9.48 Å². The number of nitrogens with zero attached hydrogens (tertiary/aromatic N) is 2. The first-order valence-corrected chi connectivity index (χ1v) is 11.6. The van der Waals surface area contributed by atoms with Crippen molar-refractivity contribution in [1.29, 1.82) is 0 Å². The van der Waals surface area contributed by atoms with Crippen LogP contribution in [-0.2, 0) is 16.1 Å². The van der Waals surface area contributed by atoms with Gasteiger partial charge in [-0.3, -0.25) is 9.59 Å². The summed E-state index contributed by atoms with van der Waals surface area (Å²) in [7, 11) is 0. The van der Waals surface area contributed by atoms with Crippen molar-refractivity contribution in [2.24, 2.45) is 0 Å². The molecule has 0 spiro atoms. The highest BCUT2D eigenvalue weighted by atomic mass is 32.1. The molecule has 2 heterocycles. The van der Waals surface area contributed by atoms with Gasteiger partial charge in [-0.15, -0.1) is 11.3 Å². The number of amides is 1. The first kappa shape index (κ1) is 23.1. The molecule has 2 aromatic heterocycles. The average molecular weight is 474 g/mol. The molecule has 4 rings (SSSR count). The molecule has 1 N–H and O–H groups in total. The Kier molecular flexibility index (Phi) is 6.98. The Balaban J connectivity index is 1.59. The molecule has 0 aliphatic heterocycles. The maximum atomic E-state index is 12.8. The number of hydrogen-bond acceptors (Lipinski definition) is 6. The van der Waals surface area contributed by atoms with E-state index in [0.717, 1.165) is 26.2 Å². The summed E-state index contributed by atoms with van der Waals surface area (Å²) in [5.41, 5.74) is 3.41. The fourth-order valence-corrected chi connectivity index (χ4v) is 4.36. The van der Waals surface area contributed by atoms with Crippen LogP contribution in [-0.4, -0.2) is 28.3 Å². The Morgan fingerprint density at radius 2 is 1.74 bits per heavy atom. The molecule has 0 saturated heterocycles. The molecule has 7 nitrogen and oxygen atoms in total. The SMILES string of the molecule is CCOC(=O)c1sc(-c2ccc(C)cc2)cc1NC(=O)Cn1nc(-c2ccccc2)ccc1=O. The van der Waals surface area contributed by atoms with Gasteiger partial charge < -0.3 is 10.1 Å². The molecular weight excluding hydrogens is 450 g/mol. The molecule has 0 bridgehead atoms. The molecule has 0 fully saturated rings. The third kappa shape index (κ3) is 5.29. The lowest BCUT2D eigenvalue weighted by molar-refractivity contribution is -0.117. The summed E-state index contributed by atoms with van der Waals surface area (Å²) in [6.07, 6.45) is 0. The van der Waals surface area contributed by atoms with Crippen LogP contribution in [0.4, 0.5) is 5.69 Å². The second-order valence-corrected chi connectivity index (χ2v) is 8.62. The van der Waals surface area contributed by atoms with E-state index in [2.05, 4.69) is 10.4 Å². The zero-order chi connectivity index (χ0) is 24.1. The van der Waals surface area contributed by atoms with Crippen LogP contribution in [0.2, 0.25) is 0 Å². The van der Waals surface area contributed by atoms with Crippen LogP contribution in [0.25, 0.3) is 21.7 Å². The third-order valence-corrected chi connectivity index (χ3v) is 6.20. The van der Waals surface area contributed by atoms with Gasteiger partial charge in [0, 0.05) is 16.5 Å². The third-order valence-electron chi connectivity index (χ3n) is 5.03. The van der Waals surface area contributed by atoms with Gasteiger partial charge >= 0.3 is 5.97 Å². The molecule has 8 heteroatoms. The number of carbonyl (C=O) groups is 2. The van der Waals surface area contributed by atoms with Gasteiger partial charge in [0.15, 0.2) is 0 Å². The van der Waals surface area contributed by atoms with E-state index in [1.807, 2.05) is 61.5 Å². The van der Waals surface area contributed by atoms with Gasteiger partial charge in [-0.2, -0.15) is 5.10 Å². The lowest BCUT2D eigenvalue weighted by Crippen LogP contribution is -2.29. The number of rotatable bonds is 7. The lowest BCUT2D eigenvalue weighted by atomic mass is 10.1. The highest BCUT2D eigenvalue weighted by Gasteiger charge is 2.20. The standard InChI is InChI=1S/C26H23N3O4S/c1-3-33-26(32)25-21(15-22(34-25)19-11-9-17(2)10-12-19)27-23(30)16-29-24(31)14-13-20(28-29)18-7-5-4-6-8-18/h4-15H,3,16H2,1-2H3,(H,27,30). The van der Waals surface area contributed by atoms with E-state index in [1.165, 1.54) is 17.4 Å².